The Hall–Kier alpha value is -1.55. The van der Waals surface area contributed by atoms with Crippen LogP contribution in [0.5, 0.6) is 0 Å². The number of aryl methyl sites for hydroxylation is 3. The summed E-state index contributed by atoms with van der Waals surface area (Å²) in [6, 6.07) is 4.47. The molecule has 0 aromatic heterocycles. The molecule has 0 heterocycles. The average molecular weight is 291 g/mol. The third-order valence-corrected chi connectivity index (χ3v) is 3.66. The van der Waals surface area contributed by atoms with Crippen molar-refractivity contribution in [1.82, 2.24) is 4.90 Å². The number of nitrogens with zero attached hydrogens (tertiary/aromatic N) is 2. The van der Waals surface area contributed by atoms with Crippen LogP contribution in [0.4, 0.5) is 0 Å². The molecular formula is C17H29N3O. The van der Waals surface area contributed by atoms with E-state index >= 15 is 0 Å². The van der Waals surface area contributed by atoms with Gasteiger partial charge in [0.1, 0.15) is 5.84 Å². The minimum atomic E-state index is 0.293. The molecule has 3 N–H and O–H groups in total. The molecule has 0 amide bonds. The summed E-state index contributed by atoms with van der Waals surface area (Å²) >= 11 is 0. The van der Waals surface area contributed by atoms with Gasteiger partial charge in [0.2, 0.25) is 0 Å². The molecule has 0 unspecified atom stereocenters. The molecule has 0 saturated heterocycles. The summed E-state index contributed by atoms with van der Waals surface area (Å²) in [5, 5.41) is 11.7. The normalized spacial score (nSPS) is 12.4. The summed E-state index contributed by atoms with van der Waals surface area (Å²) in [7, 11) is 0. The van der Waals surface area contributed by atoms with E-state index in [9.17, 15) is 0 Å². The topological polar surface area (TPSA) is 61.8 Å². The second kappa shape index (κ2) is 8.03. The van der Waals surface area contributed by atoms with Gasteiger partial charge in [-0.2, -0.15) is 0 Å². The highest BCUT2D eigenvalue weighted by molar-refractivity contribution is 5.79. The van der Waals surface area contributed by atoms with Crippen molar-refractivity contribution in [3.05, 3.63) is 34.4 Å². The fraction of sp³-hybridized carbons (Fsp3) is 0.588. The summed E-state index contributed by atoms with van der Waals surface area (Å²) in [5.41, 5.74) is 11.0. The van der Waals surface area contributed by atoms with E-state index in [1.165, 1.54) is 22.3 Å². The quantitative estimate of drug-likeness (QED) is 0.351. The zero-order valence-corrected chi connectivity index (χ0v) is 14.0. The molecule has 0 fully saturated rings. The smallest absolute Gasteiger partial charge is 0.140 e. The monoisotopic (exact) mass is 291 g/mol. The second-order valence-corrected chi connectivity index (χ2v) is 6.35. The van der Waals surface area contributed by atoms with E-state index in [-0.39, 0.29) is 0 Å². The van der Waals surface area contributed by atoms with E-state index in [1.807, 2.05) is 0 Å². The number of hydrogen-bond acceptors (Lipinski definition) is 3. The first-order chi connectivity index (χ1) is 9.83. The molecule has 0 saturated carbocycles. The molecule has 4 heteroatoms. The number of rotatable bonds is 7. The van der Waals surface area contributed by atoms with Crippen molar-refractivity contribution in [3.8, 4) is 0 Å². The molecule has 1 aromatic carbocycles. The lowest BCUT2D eigenvalue weighted by Crippen LogP contribution is -2.31. The Balaban J connectivity index is 2.85. The molecule has 0 aliphatic heterocycles. The molecule has 118 valence electrons. The lowest BCUT2D eigenvalue weighted by molar-refractivity contribution is 0.240. The van der Waals surface area contributed by atoms with Crippen LogP contribution in [0.25, 0.3) is 0 Å². The molecule has 0 radical (unpaired) electrons. The Morgan fingerprint density at radius 3 is 2.29 bits per heavy atom. The van der Waals surface area contributed by atoms with Crippen LogP contribution in [0, 0.1) is 26.7 Å². The maximum atomic E-state index is 8.68. The van der Waals surface area contributed by atoms with Crippen molar-refractivity contribution in [1.29, 1.82) is 0 Å². The van der Waals surface area contributed by atoms with Crippen LogP contribution in [-0.4, -0.2) is 29.0 Å². The van der Waals surface area contributed by atoms with Crippen LogP contribution < -0.4 is 5.73 Å². The van der Waals surface area contributed by atoms with Crippen LogP contribution in [0.1, 0.15) is 42.5 Å². The van der Waals surface area contributed by atoms with Gasteiger partial charge >= 0.3 is 0 Å². The number of oxime groups is 1. The largest absolute Gasteiger partial charge is 0.409 e. The zero-order chi connectivity index (χ0) is 16.0. The van der Waals surface area contributed by atoms with Crippen LogP contribution >= 0.6 is 0 Å². The fourth-order valence-electron chi connectivity index (χ4n) is 2.76. The lowest BCUT2D eigenvalue weighted by atomic mass is 9.99. The minimum absolute atomic E-state index is 0.293. The minimum Gasteiger partial charge on any atom is -0.409 e. The molecular weight excluding hydrogens is 262 g/mol. The molecule has 1 rings (SSSR count). The maximum Gasteiger partial charge on any atom is 0.140 e. The van der Waals surface area contributed by atoms with E-state index in [0.29, 0.717) is 18.2 Å². The SMILES string of the molecule is Cc1cc(C)c(CN(CCC(N)=NO)CC(C)C)c(C)c1. The van der Waals surface area contributed by atoms with E-state index in [1.54, 1.807) is 0 Å². The summed E-state index contributed by atoms with van der Waals surface area (Å²) in [6.07, 6.45) is 0.590. The van der Waals surface area contributed by atoms with Gasteiger partial charge in [-0.1, -0.05) is 36.7 Å². The maximum absolute atomic E-state index is 8.68. The molecule has 0 bridgehead atoms. The molecule has 0 aliphatic rings. The van der Waals surface area contributed by atoms with Crippen LogP contribution in [0.2, 0.25) is 0 Å². The Morgan fingerprint density at radius 2 is 1.81 bits per heavy atom. The van der Waals surface area contributed by atoms with Gasteiger partial charge in [0.25, 0.3) is 0 Å². The van der Waals surface area contributed by atoms with E-state index < -0.39 is 0 Å². The molecule has 0 spiro atoms. The number of hydrogen-bond donors (Lipinski definition) is 2. The van der Waals surface area contributed by atoms with Crippen molar-refractivity contribution < 1.29 is 5.21 Å². The Morgan fingerprint density at radius 1 is 1.24 bits per heavy atom. The van der Waals surface area contributed by atoms with Gasteiger partial charge < -0.3 is 10.9 Å². The first kappa shape index (κ1) is 17.5. The van der Waals surface area contributed by atoms with Gasteiger partial charge in [0, 0.05) is 26.1 Å². The summed E-state index contributed by atoms with van der Waals surface area (Å²) in [5.74, 6) is 0.879. The van der Waals surface area contributed by atoms with Crippen molar-refractivity contribution in [2.45, 2.75) is 47.6 Å². The van der Waals surface area contributed by atoms with Crippen LogP contribution in [-0.2, 0) is 6.54 Å². The fourth-order valence-corrected chi connectivity index (χ4v) is 2.76. The number of amidine groups is 1. The second-order valence-electron chi connectivity index (χ2n) is 6.35. The van der Waals surface area contributed by atoms with Gasteiger partial charge in [-0.3, -0.25) is 4.90 Å². The predicted molar refractivity (Wildman–Crippen MR) is 88.8 cm³/mol. The molecule has 21 heavy (non-hydrogen) atoms. The zero-order valence-electron chi connectivity index (χ0n) is 14.0. The number of benzene rings is 1. The predicted octanol–water partition coefficient (Wildman–Crippen LogP) is 3.21. The highest BCUT2D eigenvalue weighted by Crippen LogP contribution is 2.19. The van der Waals surface area contributed by atoms with E-state index in [4.69, 9.17) is 10.9 Å². The lowest BCUT2D eigenvalue weighted by Gasteiger charge is -2.26. The molecule has 1 aromatic rings. The van der Waals surface area contributed by atoms with Gasteiger partial charge in [-0.05, 0) is 43.4 Å². The average Bonchev–Trinajstić information content (AvgIpc) is 2.38. The van der Waals surface area contributed by atoms with Crippen molar-refractivity contribution in [2.24, 2.45) is 16.8 Å². The molecule has 4 nitrogen and oxygen atoms in total. The first-order valence-corrected chi connectivity index (χ1v) is 7.59. The van der Waals surface area contributed by atoms with Crippen molar-refractivity contribution in [3.63, 3.8) is 0 Å². The third-order valence-electron chi connectivity index (χ3n) is 3.66. The van der Waals surface area contributed by atoms with Gasteiger partial charge in [-0.15, -0.1) is 0 Å². The Kier molecular flexibility index (Phi) is 6.69. The van der Waals surface area contributed by atoms with Crippen LogP contribution in [0.3, 0.4) is 0 Å². The highest BCUT2D eigenvalue weighted by Gasteiger charge is 2.12. The summed E-state index contributed by atoms with van der Waals surface area (Å²) in [4.78, 5) is 2.38. The van der Waals surface area contributed by atoms with E-state index in [2.05, 4.69) is 56.8 Å². The summed E-state index contributed by atoms with van der Waals surface area (Å²) in [6.45, 7) is 13.6. The molecule has 0 atom stereocenters. The highest BCUT2D eigenvalue weighted by atomic mass is 16.4. The van der Waals surface area contributed by atoms with E-state index in [0.717, 1.165) is 19.6 Å². The summed E-state index contributed by atoms with van der Waals surface area (Å²) < 4.78 is 0. The van der Waals surface area contributed by atoms with Gasteiger partial charge in [-0.25, -0.2) is 0 Å². The Bertz CT molecular complexity index is 472. The van der Waals surface area contributed by atoms with Gasteiger partial charge in [0.15, 0.2) is 0 Å². The molecule has 0 aliphatic carbocycles. The van der Waals surface area contributed by atoms with Gasteiger partial charge in [0.05, 0.1) is 0 Å². The number of nitrogens with two attached hydrogens (primary N) is 1. The Labute approximate surface area is 128 Å². The van der Waals surface area contributed by atoms with Crippen molar-refractivity contribution >= 4 is 5.84 Å². The standard InChI is InChI=1S/C17H29N3O/c1-12(2)10-20(7-6-17(18)19-21)11-16-14(4)8-13(3)9-15(16)5/h8-9,12,21H,6-7,10-11H2,1-5H3,(H2,18,19). The third kappa shape index (κ3) is 5.76. The van der Waals surface area contributed by atoms with Crippen LogP contribution in [0.15, 0.2) is 17.3 Å². The first-order valence-electron chi connectivity index (χ1n) is 7.59. The van der Waals surface area contributed by atoms with Crippen molar-refractivity contribution in [2.75, 3.05) is 13.1 Å².